The molecule has 1 atom stereocenters. The number of piperidine rings is 1. The summed E-state index contributed by atoms with van der Waals surface area (Å²) in [5.74, 6) is 1.46. The van der Waals surface area contributed by atoms with Gasteiger partial charge in [-0.2, -0.15) is 5.26 Å². The lowest BCUT2D eigenvalue weighted by atomic mass is 9.86. The molecule has 1 heterocycles. The van der Waals surface area contributed by atoms with E-state index < -0.39 is 0 Å². The van der Waals surface area contributed by atoms with E-state index in [-0.39, 0.29) is 23.7 Å². The summed E-state index contributed by atoms with van der Waals surface area (Å²) in [5, 5.41) is 9.02. The molecular weight excluding hydrogens is 304 g/mol. The predicted molar refractivity (Wildman–Crippen MR) is 92.0 cm³/mol. The number of amides is 1. The summed E-state index contributed by atoms with van der Waals surface area (Å²) < 4.78 is 10.7. The van der Waals surface area contributed by atoms with Crippen molar-refractivity contribution in [1.82, 2.24) is 4.90 Å². The van der Waals surface area contributed by atoms with Crippen molar-refractivity contribution >= 4 is 5.91 Å². The van der Waals surface area contributed by atoms with E-state index in [0.717, 1.165) is 18.4 Å². The third-order valence-electron chi connectivity index (χ3n) is 4.69. The second kappa shape index (κ2) is 8.05. The molecule has 0 bridgehead atoms. The highest BCUT2D eigenvalue weighted by atomic mass is 16.5. The number of nitriles is 1. The molecule has 1 aromatic rings. The van der Waals surface area contributed by atoms with Crippen LogP contribution in [0, 0.1) is 23.2 Å². The highest BCUT2D eigenvalue weighted by molar-refractivity contribution is 5.84. The molecule has 0 spiro atoms. The predicted octanol–water partition coefficient (Wildman–Crippen LogP) is 3.21. The number of benzene rings is 1. The Morgan fingerprint density at radius 3 is 2.33 bits per heavy atom. The third-order valence-corrected chi connectivity index (χ3v) is 4.69. The van der Waals surface area contributed by atoms with Crippen molar-refractivity contribution in [2.24, 2.45) is 11.8 Å². The van der Waals surface area contributed by atoms with E-state index in [1.165, 1.54) is 0 Å². The van der Waals surface area contributed by atoms with Crippen LogP contribution in [0.2, 0.25) is 0 Å². The van der Waals surface area contributed by atoms with Gasteiger partial charge in [0.25, 0.3) is 0 Å². The van der Waals surface area contributed by atoms with Gasteiger partial charge in [-0.15, -0.1) is 0 Å². The second-order valence-corrected chi connectivity index (χ2v) is 6.56. The number of likely N-dealkylation sites (tertiary alicyclic amines) is 1. The van der Waals surface area contributed by atoms with Crippen LogP contribution in [0.3, 0.4) is 0 Å². The molecule has 0 aliphatic carbocycles. The molecule has 0 radical (unpaired) electrons. The number of hydrogen-bond donors (Lipinski definition) is 0. The van der Waals surface area contributed by atoms with Gasteiger partial charge in [-0.25, -0.2) is 0 Å². The van der Waals surface area contributed by atoms with Crippen molar-refractivity contribution in [1.29, 1.82) is 5.26 Å². The van der Waals surface area contributed by atoms with Gasteiger partial charge in [0, 0.05) is 19.0 Å². The average Bonchev–Trinajstić information content (AvgIpc) is 2.61. The number of rotatable bonds is 5. The molecule has 0 N–H and O–H groups in total. The standard InChI is InChI=1S/C19H26N2O3/c1-13(2)18(15-5-6-16(23-3)17(11-15)24-4)19(22)21-9-7-14(12-20)8-10-21/h5-6,11,13-14,18H,7-10H2,1-4H3. The summed E-state index contributed by atoms with van der Waals surface area (Å²) in [5.41, 5.74) is 0.940. The molecular formula is C19H26N2O3. The Morgan fingerprint density at radius 2 is 1.83 bits per heavy atom. The van der Waals surface area contributed by atoms with Crippen molar-refractivity contribution in [2.45, 2.75) is 32.6 Å². The van der Waals surface area contributed by atoms with Gasteiger partial charge in [0.15, 0.2) is 11.5 Å². The topological polar surface area (TPSA) is 62.6 Å². The lowest BCUT2D eigenvalue weighted by Crippen LogP contribution is -2.42. The molecule has 24 heavy (non-hydrogen) atoms. The number of nitrogens with zero attached hydrogens (tertiary/aromatic N) is 2. The maximum absolute atomic E-state index is 13.1. The molecule has 2 rings (SSSR count). The minimum atomic E-state index is -0.219. The molecule has 1 fully saturated rings. The summed E-state index contributed by atoms with van der Waals surface area (Å²) in [6.07, 6.45) is 1.53. The summed E-state index contributed by atoms with van der Waals surface area (Å²) in [6, 6.07) is 7.98. The molecule has 130 valence electrons. The van der Waals surface area contributed by atoms with E-state index in [0.29, 0.717) is 24.6 Å². The Bertz CT molecular complexity index is 614. The molecule has 0 saturated carbocycles. The number of hydrogen-bond acceptors (Lipinski definition) is 4. The van der Waals surface area contributed by atoms with Gasteiger partial charge in [0.2, 0.25) is 5.91 Å². The first-order chi connectivity index (χ1) is 11.5. The van der Waals surface area contributed by atoms with Crippen LogP contribution in [0.5, 0.6) is 11.5 Å². The van der Waals surface area contributed by atoms with E-state index >= 15 is 0 Å². The van der Waals surface area contributed by atoms with Crippen molar-refractivity contribution in [3.05, 3.63) is 23.8 Å². The minimum absolute atomic E-state index is 0.0765. The molecule has 1 aliphatic heterocycles. The molecule has 1 amide bonds. The van der Waals surface area contributed by atoms with Crippen molar-refractivity contribution in [3.8, 4) is 17.6 Å². The van der Waals surface area contributed by atoms with E-state index in [9.17, 15) is 4.79 Å². The van der Waals surface area contributed by atoms with Crippen LogP contribution in [-0.2, 0) is 4.79 Å². The van der Waals surface area contributed by atoms with Crippen LogP contribution >= 0.6 is 0 Å². The van der Waals surface area contributed by atoms with E-state index in [4.69, 9.17) is 14.7 Å². The van der Waals surface area contributed by atoms with Gasteiger partial charge in [-0.05, 0) is 36.5 Å². The van der Waals surface area contributed by atoms with Crippen molar-refractivity contribution in [3.63, 3.8) is 0 Å². The number of methoxy groups -OCH3 is 2. The Labute approximate surface area is 144 Å². The normalized spacial score (nSPS) is 16.6. The van der Waals surface area contributed by atoms with Crippen LogP contribution in [0.25, 0.3) is 0 Å². The summed E-state index contributed by atoms with van der Waals surface area (Å²) in [7, 11) is 3.20. The molecule has 1 saturated heterocycles. The van der Waals surface area contributed by atoms with Crippen molar-refractivity contribution < 1.29 is 14.3 Å². The maximum Gasteiger partial charge on any atom is 0.230 e. The highest BCUT2D eigenvalue weighted by Gasteiger charge is 2.31. The Morgan fingerprint density at radius 1 is 1.21 bits per heavy atom. The molecule has 0 aromatic heterocycles. The summed E-state index contributed by atoms with van der Waals surface area (Å²) in [4.78, 5) is 15.0. The van der Waals surface area contributed by atoms with Gasteiger partial charge in [0.05, 0.1) is 26.2 Å². The Kier molecular flexibility index (Phi) is 6.08. The van der Waals surface area contributed by atoms with Gasteiger partial charge < -0.3 is 14.4 Å². The van der Waals surface area contributed by atoms with E-state index in [1.807, 2.05) is 23.1 Å². The zero-order valence-corrected chi connectivity index (χ0v) is 14.9. The fourth-order valence-corrected chi connectivity index (χ4v) is 3.28. The third kappa shape index (κ3) is 3.81. The highest BCUT2D eigenvalue weighted by Crippen LogP contribution is 2.35. The van der Waals surface area contributed by atoms with Crippen LogP contribution in [0.1, 0.15) is 38.2 Å². The summed E-state index contributed by atoms with van der Waals surface area (Å²) in [6.45, 7) is 5.43. The van der Waals surface area contributed by atoms with Gasteiger partial charge in [0.1, 0.15) is 0 Å². The fraction of sp³-hybridized carbons (Fsp3) is 0.579. The largest absolute Gasteiger partial charge is 0.493 e. The smallest absolute Gasteiger partial charge is 0.230 e. The maximum atomic E-state index is 13.1. The van der Waals surface area contributed by atoms with E-state index in [1.54, 1.807) is 14.2 Å². The average molecular weight is 330 g/mol. The number of carbonyl (C=O) groups excluding carboxylic acids is 1. The second-order valence-electron chi connectivity index (χ2n) is 6.56. The molecule has 5 nitrogen and oxygen atoms in total. The lowest BCUT2D eigenvalue weighted by molar-refractivity contribution is -0.135. The zero-order chi connectivity index (χ0) is 17.7. The van der Waals surface area contributed by atoms with Crippen LogP contribution in [0.4, 0.5) is 0 Å². The SMILES string of the molecule is COc1ccc(C(C(=O)N2CCC(C#N)CC2)C(C)C)cc1OC. The van der Waals surface area contributed by atoms with Gasteiger partial charge >= 0.3 is 0 Å². The fourth-order valence-electron chi connectivity index (χ4n) is 3.28. The Balaban J connectivity index is 2.23. The van der Waals surface area contributed by atoms with Gasteiger partial charge in [-0.1, -0.05) is 19.9 Å². The monoisotopic (exact) mass is 330 g/mol. The molecule has 1 aliphatic rings. The first-order valence-corrected chi connectivity index (χ1v) is 8.42. The van der Waals surface area contributed by atoms with Crippen LogP contribution in [0.15, 0.2) is 18.2 Å². The quantitative estimate of drug-likeness (QED) is 0.832. The molecule has 5 heteroatoms. The zero-order valence-electron chi connectivity index (χ0n) is 14.9. The lowest BCUT2D eigenvalue weighted by Gasteiger charge is -2.33. The Hall–Kier alpha value is -2.22. The first-order valence-electron chi connectivity index (χ1n) is 8.42. The van der Waals surface area contributed by atoms with Crippen LogP contribution in [-0.4, -0.2) is 38.1 Å². The van der Waals surface area contributed by atoms with E-state index in [2.05, 4.69) is 19.9 Å². The molecule has 1 unspecified atom stereocenters. The number of carbonyl (C=O) groups is 1. The first kappa shape index (κ1) is 18.1. The number of ether oxygens (including phenoxy) is 2. The van der Waals surface area contributed by atoms with Gasteiger partial charge in [-0.3, -0.25) is 4.79 Å². The van der Waals surface area contributed by atoms with Crippen LogP contribution < -0.4 is 9.47 Å². The minimum Gasteiger partial charge on any atom is -0.493 e. The van der Waals surface area contributed by atoms with Crippen molar-refractivity contribution in [2.75, 3.05) is 27.3 Å². The summed E-state index contributed by atoms with van der Waals surface area (Å²) >= 11 is 0. The molecule has 1 aromatic carbocycles.